The number of aliphatic hydroxyl groups excluding tert-OH is 1. The number of aliphatic hydroxyl groups is 1. The van der Waals surface area contributed by atoms with Crippen LogP contribution in [0.5, 0.6) is 0 Å². The fraction of sp³-hybridized carbons (Fsp3) is 0.222. The Morgan fingerprint density at radius 2 is 1.58 bits per heavy atom. The third kappa shape index (κ3) is 2.11. The normalized spacial score (nSPS) is 21.1. The first-order valence-corrected chi connectivity index (χ1v) is 6.76. The summed E-state index contributed by atoms with van der Waals surface area (Å²) in [5, 5.41) is 10.7. The van der Waals surface area contributed by atoms with Gasteiger partial charge in [0.25, 0.3) is 0 Å². The van der Waals surface area contributed by atoms with Gasteiger partial charge in [0.05, 0.1) is 6.10 Å². The molecule has 0 saturated carbocycles. The Morgan fingerprint density at radius 3 is 2.26 bits per heavy atom. The van der Waals surface area contributed by atoms with Gasteiger partial charge in [0.1, 0.15) is 0 Å². The maximum atomic E-state index is 10.7. The van der Waals surface area contributed by atoms with Crippen molar-refractivity contribution in [3.8, 4) is 0 Å². The average Bonchev–Trinajstić information content (AvgIpc) is 2.56. The molecule has 1 aliphatic rings. The molecular formula is C18H18O. The second kappa shape index (κ2) is 5.02. The molecule has 0 spiro atoms. The van der Waals surface area contributed by atoms with Crippen molar-refractivity contribution in [3.05, 3.63) is 83.4 Å². The summed E-state index contributed by atoms with van der Waals surface area (Å²) in [4.78, 5) is 0. The van der Waals surface area contributed by atoms with Crippen molar-refractivity contribution in [2.45, 2.75) is 24.9 Å². The van der Waals surface area contributed by atoms with Gasteiger partial charge in [-0.2, -0.15) is 0 Å². The largest absolute Gasteiger partial charge is 0.388 e. The summed E-state index contributed by atoms with van der Waals surface area (Å²) in [6.07, 6.45) is 3.15. The van der Waals surface area contributed by atoms with E-state index in [4.69, 9.17) is 0 Å². The van der Waals surface area contributed by atoms with Crippen molar-refractivity contribution < 1.29 is 5.11 Å². The maximum absolute atomic E-state index is 10.7. The highest BCUT2D eigenvalue weighted by atomic mass is 16.3. The molecular weight excluding hydrogens is 232 g/mol. The SMILES string of the molecule is C=CC[C@@H]1c2ccccc2Cc2ccccc2[C@H]1O. The van der Waals surface area contributed by atoms with E-state index in [9.17, 15) is 5.11 Å². The highest BCUT2D eigenvalue weighted by molar-refractivity contribution is 5.44. The summed E-state index contributed by atoms with van der Waals surface area (Å²) < 4.78 is 0. The molecule has 0 radical (unpaired) electrons. The molecule has 0 saturated heterocycles. The highest BCUT2D eigenvalue weighted by Gasteiger charge is 2.28. The molecule has 0 heterocycles. The Labute approximate surface area is 114 Å². The van der Waals surface area contributed by atoms with Gasteiger partial charge in [-0.1, -0.05) is 54.6 Å². The first kappa shape index (κ1) is 12.2. The van der Waals surface area contributed by atoms with Gasteiger partial charge in [0.15, 0.2) is 0 Å². The average molecular weight is 250 g/mol. The van der Waals surface area contributed by atoms with E-state index < -0.39 is 6.10 Å². The lowest BCUT2D eigenvalue weighted by molar-refractivity contribution is 0.145. The van der Waals surface area contributed by atoms with E-state index in [1.165, 1.54) is 16.7 Å². The van der Waals surface area contributed by atoms with Crippen LogP contribution in [0.1, 0.15) is 40.7 Å². The van der Waals surface area contributed by atoms with E-state index in [0.29, 0.717) is 0 Å². The van der Waals surface area contributed by atoms with Crippen LogP contribution in [0.15, 0.2) is 61.2 Å². The summed E-state index contributed by atoms with van der Waals surface area (Å²) in [6, 6.07) is 16.6. The second-order valence-electron chi connectivity index (χ2n) is 5.15. The zero-order valence-electron chi connectivity index (χ0n) is 10.9. The number of hydrogen-bond donors (Lipinski definition) is 1. The van der Waals surface area contributed by atoms with E-state index in [1.54, 1.807) is 0 Å². The van der Waals surface area contributed by atoms with Crippen LogP contribution in [0.2, 0.25) is 0 Å². The molecule has 0 aromatic heterocycles. The first-order chi connectivity index (χ1) is 9.31. The van der Waals surface area contributed by atoms with Crippen molar-refractivity contribution in [1.29, 1.82) is 0 Å². The molecule has 96 valence electrons. The minimum Gasteiger partial charge on any atom is -0.388 e. The Hall–Kier alpha value is -1.86. The molecule has 2 aromatic carbocycles. The number of hydrogen-bond acceptors (Lipinski definition) is 1. The van der Waals surface area contributed by atoms with Crippen molar-refractivity contribution in [2.75, 3.05) is 0 Å². The fourth-order valence-corrected chi connectivity index (χ4v) is 3.07. The van der Waals surface area contributed by atoms with Gasteiger partial charge in [0, 0.05) is 5.92 Å². The van der Waals surface area contributed by atoms with E-state index in [0.717, 1.165) is 18.4 Å². The van der Waals surface area contributed by atoms with Gasteiger partial charge in [-0.25, -0.2) is 0 Å². The lowest BCUT2D eigenvalue weighted by atomic mass is 9.86. The van der Waals surface area contributed by atoms with Gasteiger partial charge in [-0.3, -0.25) is 0 Å². The van der Waals surface area contributed by atoms with Crippen molar-refractivity contribution in [2.24, 2.45) is 0 Å². The van der Waals surface area contributed by atoms with Crippen LogP contribution in [0, 0.1) is 0 Å². The van der Waals surface area contributed by atoms with Crippen LogP contribution in [0.3, 0.4) is 0 Å². The van der Waals surface area contributed by atoms with Crippen LogP contribution in [0.4, 0.5) is 0 Å². The third-order valence-electron chi connectivity index (χ3n) is 4.01. The molecule has 0 fully saturated rings. The second-order valence-corrected chi connectivity index (χ2v) is 5.15. The standard InChI is InChI=1S/C18H18O/c1-2-7-17-15-10-5-3-8-13(15)12-14-9-4-6-11-16(14)18(17)19/h2-6,8-11,17-19H,1,7,12H2/t17-,18-/m1/s1. The summed E-state index contributed by atoms with van der Waals surface area (Å²) in [5.74, 6) is 0.109. The lowest BCUT2D eigenvalue weighted by Gasteiger charge is -2.22. The quantitative estimate of drug-likeness (QED) is 0.799. The molecule has 3 rings (SSSR count). The maximum Gasteiger partial charge on any atom is 0.0864 e. The van der Waals surface area contributed by atoms with Gasteiger partial charge in [-0.15, -0.1) is 6.58 Å². The number of fused-ring (bicyclic) bond motifs is 2. The van der Waals surface area contributed by atoms with E-state index >= 15 is 0 Å². The zero-order valence-corrected chi connectivity index (χ0v) is 10.9. The summed E-state index contributed by atoms with van der Waals surface area (Å²) in [7, 11) is 0. The molecule has 1 N–H and O–H groups in total. The number of benzene rings is 2. The van der Waals surface area contributed by atoms with Gasteiger partial charge in [-0.05, 0) is 35.1 Å². The number of rotatable bonds is 2. The van der Waals surface area contributed by atoms with Crippen LogP contribution < -0.4 is 0 Å². The molecule has 19 heavy (non-hydrogen) atoms. The van der Waals surface area contributed by atoms with Gasteiger partial charge in [0.2, 0.25) is 0 Å². The third-order valence-corrected chi connectivity index (χ3v) is 4.01. The van der Waals surface area contributed by atoms with E-state index in [1.807, 2.05) is 24.3 Å². The van der Waals surface area contributed by atoms with E-state index in [2.05, 4.69) is 36.9 Å². The van der Waals surface area contributed by atoms with Gasteiger partial charge >= 0.3 is 0 Å². The molecule has 0 bridgehead atoms. The highest BCUT2D eigenvalue weighted by Crippen LogP contribution is 2.40. The Balaban J connectivity index is 2.18. The fourth-order valence-electron chi connectivity index (χ4n) is 3.07. The molecule has 2 atom stereocenters. The number of allylic oxidation sites excluding steroid dienone is 1. The summed E-state index contributed by atoms with van der Waals surface area (Å²) in [5.41, 5.74) is 4.86. The van der Waals surface area contributed by atoms with Crippen LogP contribution in [-0.2, 0) is 6.42 Å². The van der Waals surface area contributed by atoms with Crippen molar-refractivity contribution in [3.63, 3.8) is 0 Å². The lowest BCUT2D eigenvalue weighted by Crippen LogP contribution is -2.10. The van der Waals surface area contributed by atoms with Crippen LogP contribution >= 0.6 is 0 Å². The van der Waals surface area contributed by atoms with Crippen LogP contribution in [0.25, 0.3) is 0 Å². The van der Waals surface area contributed by atoms with Crippen molar-refractivity contribution >= 4 is 0 Å². The van der Waals surface area contributed by atoms with E-state index in [-0.39, 0.29) is 5.92 Å². The Kier molecular flexibility index (Phi) is 3.22. The molecule has 0 unspecified atom stereocenters. The minimum atomic E-state index is -0.446. The summed E-state index contributed by atoms with van der Waals surface area (Å²) in [6.45, 7) is 3.84. The van der Waals surface area contributed by atoms with Gasteiger partial charge < -0.3 is 5.11 Å². The smallest absolute Gasteiger partial charge is 0.0864 e. The van der Waals surface area contributed by atoms with Crippen molar-refractivity contribution in [1.82, 2.24) is 0 Å². The predicted molar refractivity (Wildman–Crippen MR) is 78.2 cm³/mol. The molecule has 1 nitrogen and oxygen atoms in total. The Bertz CT molecular complexity index is 600. The molecule has 1 heteroatoms. The Morgan fingerprint density at radius 1 is 1.00 bits per heavy atom. The topological polar surface area (TPSA) is 20.2 Å². The molecule has 0 amide bonds. The zero-order chi connectivity index (χ0) is 13.2. The molecule has 0 aliphatic heterocycles. The monoisotopic (exact) mass is 250 g/mol. The van der Waals surface area contributed by atoms with Crippen LogP contribution in [-0.4, -0.2) is 5.11 Å². The predicted octanol–water partition coefficient (Wildman–Crippen LogP) is 3.98. The first-order valence-electron chi connectivity index (χ1n) is 6.76. The molecule has 2 aromatic rings. The summed E-state index contributed by atoms with van der Waals surface area (Å²) >= 11 is 0. The molecule has 1 aliphatic carbocycles. The minimum absolute atomic E-state index is 0.109.